The number of benzene rings is 1. The van der Waals surface area contributed by atoms with Crippen LogP contribution < -0.4 is 10.5 Å². The van der Waals surface area contributed by atoms with Gasteiger partial charge < -0.3 is 8.94 Å². The van der Waals surface area contributed by atoms with Gasteiger partial charge in [0.1, 0.15) is 5.76 Å². The molecule has 0 amide bonds. The van der Waals surface area contributed by atoms with Crippen LogP contribution in [0.5, 0.6) is 0 Å². The van der Waals surface area contributed by atoms with Crippen molar-refractivity contribution >= 4 is 21.1 Å². The summed E-state index contributed by atoms with van der Waals surface area (Å²) in [6.07, 6.45) is 0. The number of rotatable bonds is 4. The van der Waals surface area contributed by atoms with Gasteiger partial charge in [0.05, 0.1) is 22.7 Å². The minimum absolute atomic E-state index is 0.00188. The Balaban J connectivity index is 1.86. The van der Waals surface area contributed by atoms with E-state index in [-0.39, 0.29) is 17.0 Å². The summed E-state index contributed by atoms with van der Waals surface area (Å²) in [6, 6.07) is 5.76. The molecule has 0 saturated heterocycles. The van der Waals surface area contributed by atoms with Gasteiger partial charge in [0, 0.05) is 12.1 Å². The van der Waals surface area contributed by atoms with Crippen molar-refractivity contribution in [3.63, 3.8) is 0 Å². The Kier molecular flexibility index (Phi) is 3.15. The molecule has 110 valence electrons. The Morgan fingerprint density at radius 2 is 2.14 bits per heavy atom. The molecule has 2 N–H and O–H groups in total. The number of H-pyrrole nitrogens is 1. The molecule has 0 unspecified atom stereocenters. The number of sulfonamides is 1. The summed E-state index contributed by atoms with van der Waals surface area (Å²) in [5.74, 6) is -0.0368. The van der Waals surface area contributed by atoms with Gasteiger partial charge in [-0.05, 0) is 19.1 Å². The standard InChI is InChI=1S/C12H11N3O5S/c1-7-4-8(15-20-7)6-13-21(17,18)9-2-3-10-11(5-9)19-12(16)14-10/h2-5,13H,6H2,1H3,(H,14,16). The van der Waals surface area contributed by atoms with Crippen molar-refractivity contribution in [1.82, 2.24) is 14.9 Å². The lowest BCUT2D eigenvalue weighted by molar-refractivity contribution is 0.390. The van der Waals surface area contributed by atoms with Crippen LogP contribution in [0.15, 0.2) is 42.9 Å². The fourth-order valence-corrected chi connectivity index (χ4v) is 2.86. The molecule has 2 aromatic heterocycles. The largest absolute Gasteiger partial charge is 0.417 e. The summed E-state index contributed by atoms with van der Waals surface area (Å²) in [5, 5.41) is 3.70. The molecule has 8 nitrogen and oxygen atoms in total. The highest BCUT2D eigenvalue weighted by atomic mass is 32.2. The molecule has 9 heteroatoms. The van der Waals surface area contributed by atoms with E-state index in [0.717, 1.165) is 0 Å². The van der Waals surface area contributed by atoms with E-state index < -0.39 is 15.8 Å². The van der Waals surface area contributed by atoms with Crippen molar-refractivity contribution in [2.24, 2.45) is 0 Å². The van der Waals surface area contributed by atoms with Crippen LogP contribution in [0.2, 0.25) is 0 Å². The number of hydrogen-bond donors (Lipinski definition) is 2. The summed E-state index contributed by atoms with van der Waals surface area (Å²) in [4.78, 5) is 13.5. The summed E-state index contributed by atoms with van der Waals surface area (Å²) in [7, 11) is -3.74. The number of nitrogens with one attached hydrogen (secondary N) is 2. The van der Waals surface area contributed by atoms with Crippen LogP contribution in [-0.4, -0.2) is 18.6 Å². The number of nitrogens with zero attached hydrogens (tertiary/aromatic N) is 1. The maximum absolute atomic E-state index is 12.2. The first kappa shape index (κ1) is 13.6. The fraction of sp³-hybridized carbons (Fsp3) is 0.167. The summed E-state index contributed by atoms with van der Waals surface area (Å²) >= 11 is 0. The average Bonchev–Trinajstić information content (AvgIpc) is 3.00. The minimum Gasteiger partial charge on any atom is -0.408 e. The summed E-state index contributed by atoms with van der Waals surface area (Å²) in [6.45, 7) is 1.72. The molecule has 21 heavy (non-hydrogen) atoms. The lowest BCUT2D eigenvalue weighted by Crippen LogP contribution is -2.23. The van der Waals surface area contributed by atoms with Crippen LogP contribution in [0.3, 0.4) is 0 Å². The average molecular weight is 309 g/mol. The van der Waals surface area contributed by atoms with E-state index in [9.17, 15) is 13.2 Å². The number of fused-ring (bicyclic) bond motifs is 1. The smallest absolute Gasteiger partial charge is 0.408 e. The van der Waals surface area contributed by atoms with Crippen molar-refractivity contribution in [3.05, 3.63) is 46.3 Å². The van der Waals surface area contributed by atoms with E-state index in [2.05, 4.69) is 14.9 Å². The van der Waals surface area contributed by atoms with Crippen LogP contribution >= 0.6 is 0 Å². The third-order valence-corrected chi connectivity index (χ3v) is 4.22. The zero-order valence-corrected chi connectivity index (χ0v) is 11.7. The molecule has 0 saturated carbocycles. The van der Waals surface area contributed by atoms with E-state index in [1.54, 1.807) is 13.0 Å². The molecule has 0 radical (unpaired) electrons. The SMILES string of the molecule is Cc1cc(CNS(=O)(=O)c2ccc3[nH]c(=O)oc3c2)no1. The molecule has 2 heterocycles. The molecule has 0 atom stereocenters. The minimum atomic E-state index is -3.74. The Bertz CT molecular complexity index is 951. The topological polar surface area (TPSA) is 118 Å². The number of aryl methyl sites for hydroxylation is 1. The van der Waals surface area contributed by atoms with Crippen LogP contribution in [0, 0.1) is 6.92 Å². The lowest BCUT2D eigenvalue weighted by Gasteiger charge is -2.04. The second kappa shape index (κ2) is 4.86. The molecule has 0 fully saturated rings. The van der Waals surface area contributed by atoms with Crippen LogP contribution in [0.1, 0.15) is 11.5 Å². The number of oxazole rings is 1. The molecule has 0 spiro atoms. The predicted octanol–water partition coefficient (Wildman–Crippen LogP) is 0.896. The maximum atomic E-state index is 12.2. The molecular formula is C12H11N3O5S. The van der Waals surface area contributed by atoms with Gasteiger partial charge in [-0.15, -0.1) is 0 Å². The Morgan fingerprint density at radius 3 is 2.86 bits per heavy atom. The number of hydrogen-bond acceptors (Lipinski definition) is 6. The van der Waals surface area contributed by atoms with Gasteiger partial charge in [-0.1, -0.05) is 5.16 Å². The first-order chi connectivity index (χ1) is 9.94. The molecule has 0 aliphatic carbocycles. The second-order valence-electron chi connectivity index (χ2n) is 4.43. The van der Waals surface area contributed by atoms with E-state index in [4.69, 9.17) is 8.94 Å². The fourth-order valence-electron chi connectivity index (χ4n) is 1.85. The Hall–Kier alpha value is -2.39. The molecular weight excluding hydrogens is 298 g/mol. The first-order valence-electron chi connectivity index (χ1n) is 5.99. The van der Waals surface area contributed by atoms with Gasteiger partial charge >= 0.3 is 5.76 Å². The third kappa shape index (κ3) is 2.73. The lowest BCUT2D eigenvalue weighted by atomic mass is 10.3. The van der Waals surface area contributed by atoms with Gasteiger partial charge in [0.25, 0.3) is 0 Å². The molecule has 3 rings (SSSR count). The first-order valence-corrected chi connectivity index (χ1v) is 7.47. The van der Waals surface area contributed by atoms with Gasteiger partial charge in [-0.25, -0.2) is 17.9 Å². The van der Waals surface area contributed by atoms with Crippen molar-refractivity contribution in [3.8, 4) is 0 Å². The van der Waals surface area contributed by atoms with Gasteiger partial charge in [0.2, 0.25) is 10.0 Å². The Labute approximate surface area is 118 Å². The van der Waals surface area contributed by atoms with E-state index in [0.29, 0.717) is 17.0 Å². The molecule has 1 aromatic carbocycles. The van der Waals surface area contributed by atoms with Gasteiger partial charge in [-0.2, -0.15) is 0 Å². The van der Waals surface area contributed by atoms with Gasteiger partial charge in [0.15, 0.2) is 5.58 Å². The number of aromatic nitrogens is 2. The summed E-state index contributed by atoms with van der Waals surface area (Å²) in [5.41, 5.74) is 1.09. The van der Waals surface area contributed by atoms with Gasteiger partial charge in [-0.3, -0.25) is 4.98 Å². The monoisotopic (exact) mass is 309 g/mol. The van der Waals surface area contributed by atoms with Crippen LogP contribution in [-0.2, 0) is 16.6 Å². The van der Waals surface area contributed by atoms with Crippen molar-refractivity contribution in [2.75, 3.05) is 0 Å². The van der Waals surface area contributed by atoms with E-state index in [1.165, 1.54) is 18.2 Å². The van der Waals surface area contributed by atoms with Crippen molar-refractivity contribution < 1.29 is 17.4 Å². The summed E-state index contributed by atoms with van der Waals surface area (Å²) < 4.78 is 36.4. The highest BCUT2D eigenvalue weighted by Crippen LogP contribution is 2.16. The zero-order valence-electron chi connectivity index (χ0n) is 10.9. The highest BCUT2D eigenvalue weighted by Gasteiger charge is 2.16. The van der Waals surface area contributed by atoms with Crippen LogP contribution in [0.25, 0.3) is 11.1 Å². The molecule has 3 aromatic rings. The highest BCUT2D eigenvalue weighted by molar-refractivity contribution is 7.89. The number of aromatic amines is 1. The zero-order chi connectivity index (χ0) is 15.0. The maximum Gasteiger partial charge on any atom is 0.417 e. The normalized spacial score (nSPS) is 12.0. The third-order valence-electron chi connectivity index (χ3n) is 2.82. The van der Waals surface area contributed by atoms with E-state index in [1.807, 2.05) is 0 Å². The van der Waals surface area contributed by atoms with Crippen molar-refractivity contribution in [2.45, 2.75) is 18.4 Å². The quantitative estimate of drug-likeness (QED) is 0.739. The predicted molar refractivity (Wildman–Crippen MR) is 72.1 cm³/mol. The van der Waals surface area contributed by atoms with E-state index >= 15 is 0 Å². The molecule has 0 aliphatic rings. The Morgan fingerprint density at radius 1 is 1.33 bits per heavy atom. The molecule has 0 aliphatic heterocycles. The van der Waals surface area contributed by atoms with Crippen molar-refractivity contribution in [1.29, 1.82) is 0 Å². The second-order valence-corrected chi connectivity index (χ2v) is 6.19. The van der Waals surface area contributed by atoms with Crippen LogP contribution in [0.4, 0.5) is 0 Å². The molecule has 0 bridgehead atoms.